The second-order valence-corrected chi connectivity index (χ2v) is 2.86. The first-order chi connectivity index (χ1) is 6.15. The van der Waals surface area contributed by atoms with Crippen molar-refractivity contribution in [2.75, 3.05) is 6.54 Å². The first-order valence-electron chi connectivity index (χ1n) is 4.09. The van der Waals surface area contributed by atoms with E-state index in [1.54, 1.807) is 0 Å². The predicted molar refractivity (Wildman–Crippen MR) is 48.8 cm³/mol. The molecule has 0 unspecified atom stereocenters. The van der Waals surface area contributed by atoms with Crippen LogP contribution in [0.3, 0.4) is 0 Å². The van der Waals surface area contributed by atoms with E-state index in [1.807, 2.05) is 0 Å². The summed E-state index contributed by atoms with van der Waals surface area (Å²) in [4.78, 5) is 0. The molecule has 4 heteroatoms. The Morgan fingerprint density at radius 1 is 1.00 bits per heavy atom. The lowest BCUT2D eigenvalue weighted by Gasteiger charge is -2.05. The molecule has 1 aromatic carbocycles. The second-order valence-electron chi connectivity index (χ2n) is 2.86. The lowest BCUT2D eigenvalue weighted by molar-refractivity contribution is 0.394. The van der Waals surface area contributed by atoms with E-state index in [9.17, 15) is 5.11 Å². The third kappa shape index (κ3) is 2.26. The highest BCUT2D eigenvalue weighted by Gasteiger charge is 2.06. The number of nitrogens with two attached hydrogens (primary N) is 1. The summed E-state index contributed by atoms with van der Waals surface area (Å²) in [6.45, 7) is 0.529. The van der Waals surface area contributed by atoms with Crippen LogP contribution in [0.1, 0.15) is 12.0 Å². The zero-order chi connectivity index (χ0) is 9.84. The van der Waals surface area contributed by atoms with E-state index in [1.165, 1.54) is 6.07 Å². The number of phenolic OH excluding ortho intramolecular Hbond substituents is 3. The van der Waals surface area contributed by atoms with E-state index >= 15 is 0 Å². The summed E-state index contributed by atoms with van der Waals surface area (Å²) in [5, 5.41) is 27.5. The van der Waals surface area contributed by atoms with Gasteiger partial charge in [0.2, 0.25) is 0 Å². The van der Waals surface area contributed by atoms with Gasteiger partial charge in [-0.15, -0.1) is 0 Å². The summed E-state index contributed by atoms with van der Waals surface area (Å²) in [7, 11) is 0. The minimum Gasteiger partial charge on any atom is -0.508 e. The van der Waals surface area contributed by atoms with Crippen molar-refractivity contribution in [2.45, 2.75) is 12.8 Å². The van der Waals surface area contributed by atoms with Gasteiger partial charge in [-0.3, -0.25) is 0 Å². The molecule has 13 heavy (non-hydrogen) atoms. The Balaban J connectivity index is 2.88. The zero-order valence-corrected chi connectivity index (χ0v) is 7.20. The Hall–Kier alpha value is -1.42. The molecular weight excluding hydrogens is 170 g/mol. The van der Waals surface area contributed by atoms with E-state index in [2.05, 4.69) is 0 Å². The first-order valence-corrected chi connectivity index (χ1v) is 4.09. The number of aryl methyl sites for hydroxylation is 1. The molecule has 5 N–H and O–H groups in total. The van der Waals surface area contributed by atoms with E-state index in [-0.39, 0.29) is 17.2 Å². The van der Waals surface area contributed by atoms with Gasteiger partial charge in [0.05, 0.1) is 0 Å². The minimum atomic E-state index is -0.311. The van der Waals surface area contributed by atoms with Crippen LogP contribution in [0.25, 0.3) is 0 Å². The van der Waals surface area contributed by atoms with Gasteiger partial charge in [-0.25, -0.2) is 0 Å². The average molecular weight is 183 g/mol. The predicted octanol–water partition coefficient (Wildman–Crippen LogP) is 0.695. The molecule has 0 aliphatic heterocycles. The Morgan fingerprint density at radius 2 is 1.62 bits per heavy atom. The number of aromatic hydroxyl groups is 3. The van der Waals surface area contributed by atoms with Crippen molar-refractivity contribution < 1.29 is 15.3 Å². The first kappa shape index (κ1) is 9.67. The Morgan fingerprint density at radius 3 is 2.23 bits per heavy atom. The Labute approximate surface area is 76.2 Å². The molecule has 4 nitrogen and oxygen atoms in total. The Bertz CT molecular complexity index is 299. The molecule has 0 aliphatic carbocycles. The van der Waals surface area contributed by atoms with Gasteiger partial charge in [0, 0.05) is 6.07 Å². The molecule has 0 aliphatic rings. The molecule has 0 bridgehead atoms. The maximum Gasteiger partial charge on any atom is 0.161 e. The van der Waals surface area contributed by atoms with E-state index in [0.29, 0.717) is 18.5 Å². The van der Waals surface area contributed by atoms with Gasteiger partial charge in [-0.05, 0) is 31.0 Å². The van der Waals surface area contributed by atoms with Gasteiger partial charge in [-0.1, -0.05) is 0 Å². The number of hydrogen-bond acceptors (Lipinski definition) is 4. The van der Waals surface area contributed by atoms with Crippen LogP contribution in [0.4, 0.5) is 0 Å². The quantitative estimate of drug-likeness (QED) is 0.410. The zero-order valence-electron chi connectivity index (χ0n) is 7.20. The monoisotopic (exact) mass is 183 g/mol. The van der Waals surface area contributed by atoms with Gasteiger partial charge in [0.25, 0.3) is 0 Å². The summed E-state index contributed by atoms with van der Waals surface area (Å²) in [5.74, 6) is -0.539. The number of hydrogen-bond donors (Lipinski definition) is 4. The van der Waals surface area contributed by atoms with Crippen LogP contribution in [-0.2, 0) is 6.42 Å². The summed E-state index contributed by atoms with van der Waals surface area (Å²) in [5.41, 5.74) is 5.90. The summed E-state index contributed by atoms with van der Waals surface area (Å²) < 4.78 is 0. The number of benzene rings is 1. The summed E-state index contributed by atoms with van der Waals surface area (Å²) in [6, 6.07) is 2.47. The molecule has 0 atom stereocenters. The van der Waals surface area contributed by atoms with Gasteiger partial charge >= 0.3 is 0 Å². The smallest absolute Gasteiger partial charge is 0.161 e. The number of rotatable bonds is 3. The molecule has 0 radical (unpaired) electrons. The Kier molecular flexibility index (Phi) is 2.97. The lowest BCUT2D eigenvalue weighted by Crippen LogP contribution is -2.00. The van der Waals surface area contributed by atoms with Crippen LogP contribution in [-0.4, -0.2) is 21.9 Å². The minimum absolute atomic E-state index is 0.0104. The van der Waals surface area contributed by atoms with Crippen LogP contribution < -0.4 is 5.73 Å². The molecule has 1 aromatic rings. The van der Waals surface area contributed by atoms with Gasteiger partial charge in [0.15, 0.2) is 11.5 Å². The van der Waals surface area contributed by atoms with Crippen LogP contribution in [0.5, 0.6) is 17.2 Å². The highest BCUT2D eigenvalue weighted by Crippen LogP contribution is 2.32. The molecule has 0 saturated carbocycles. The topological polar surface area (TPSA) is 86.7 Å². The average Bonchev–Trinajstić information content (AvgIpc) is 2.09. The van der Waals surface area contributed by atoms with E-state index < -0.39 is 0 Å². The second kappa shape index (κ2) is 4.00. The van der Waals surface area contributed by atoms with Crippen molar-refractivity contribution in [1.29, 1.82) is 0 Å². The third-order valence-corrected chi connectivity index (χ3v) is 1.83. The molecule has 0 spiro atoms. The van der Waals surface area contributed by atoms with Crippen molar-refractivity contribution in [1.82, 2.24) is 0 Å². The standard InChI is InChI=1S/C9H13NO3/c10-3-1-2-6-4-8(12)9(13)5-7(6)11/h4-5,11-13H,1-3,10H2. The number of phenols is 3. The molecule has 1 rings (SSSR count). The molecule has 0 aromatic heterocycles. The summed E-state index contributed by atoms with van der Waals surface area (Å²) >= 11 is 0. The molecular formula is C9H13NO3. The fourth-order valence-electron chi connectivity index (χ4n) is 1.10. The van der Waals surface area contributed by atoms with E-state index in [0.717, 1.165) is 12.5 Å². The SMILES string of the molecule is NCCCc1cc(O)c(O)cc1O. The van der Waals surface area contributed by atoms with Crippen molar-refractivity contribution in [3.63, 3.8) is 0 Å². The van der Waals surface area contributed by atoms with Crippen LogP contribution >= 0.6 is 0 Å². The van der Waals surface area contributed by atoms with Gasteiger partial charge in [0.1, 0.15) is 5.75 Å². The molecule has 72 valence electrons. The maximum absolute atomic E-state index is 9.33. The van der Waals surface area contributed by atoms with Crippen LogP contribution in [0, 0.1) is 0 Å². The van der Waals surface area contributed by atoms with Crippen molar-refractivity contribution in [2.24, 2.45) is 5.73 Å². The molecule has 0 heterocycles. The maximum atomic E-state index is 9.33. The van der Waals surface area contributed by atoms with Crippen molar-refractivity contribution in [3.05, 3.63) is 17.7 Å². The van der Waals surface area contributed by atoms with Crippen LogP contribution in [0.2, 0.25) is 0 Å². The highest BCUT2D eigenvalue weighted by molar-refractivity contribution is 5.48. The largest absolute Gasteiger partial charge is 0.508 e. The molecule has 0 fully saturated rings. The third-order valence-electron chi connectivity index (χ3n) is 1.83. The molecule has 0 saturated heterocycles. The highest BCUT2D eigenvalue weighted by atomic mass is 16.3. The van der Waals surface area contributed by atoms with E-state index in [4.69, 9.17) is 15.9 Å². The fourth-order valence-corrected chi connectivity index (χ4v) is 1.10. The van der Waals surface area contributed by atoms with Crippen LogP contribution in [0.15, 0.2) is 12.1 Å². The van der Waals surface area contributed by atoms with Crippen molar-refractivity contribution in [3.8, 4) is 17.2 Å². The lowest BCUT2D eigenvalue weighted by atomic mass is 10.1. The molecule has 0 amide bonds. The normalized spacial score (nSPS) is 10.2. The summed E-state index contributed by atoms with van der Waals surface area (Å²) in [6.07, 6.45) is 1.33. The van der Waals surface area contributed by atoms with Gasteiger partial charge < -0.3 is 21.1 Å². The van der Waals surface area contributed by atoms with Gasteiger partial charge in [-0.2, -0.15) is 0 Å². The van der Waals surface area contributed by atoms with Crippen molar-refractivity contribution >= 4 is 0 Å². The fraction of sp³-hybridized carbons (Fsp3) is 0.333.